The van der Waals surface area contributed by atoms with Crippen molar-refractivity contribution in [1.29, 1.82) is 0 Å². The Morgan fingerprint density at radius 2 is 1.70 bits per heavy atom. The van der Waals surface area contributed by atoms with E-state index < -0.39 is 67.0 Å². The Labute approximate surface area is 328 Å². The third-order valence-corrected chi connectivity index (χ3v) is 8.74. The molecular formula is C34H46BCl2N5O11S. The van der Waals surface area contributed by atoms with Gasteiger partial charge in [-0.1, -0.05) is 23.2 Å². The van der Waals surface area contributed by atoms with Crippen molar-refractivity contribution < 1.29 is 53.1 Å². The van der Waals surface area contributed by atoms with Crippen LogP contribution in [0.5, 0.6) is 5.75 Å². The zero-order valence-corrected chi connectivity index (χ0v) is 33.9. The van der Waals surface area contributed by atoms with Gasteiger partial charge in [-0.3, -0.25) is 14.4 Å². The number of ether oxygens (including phenoxy) is 4. The normalized spacial score (nSPS) is 16.0. The molecule has 20 heteroatoms. The van der Waals surface area contributed by atoms with E-state index in [0.717, 1.165) is 16.2 Å². The molecule has 1 unspecified atom stereocenters. The highest BCUT2D eigenvalue weighted by atomic mass is 35.5. The quantitative estimate of drug-likeness (QED) is 0.125. The fourth-order valence-electron chi connectivity index (χ4n) is 4.97. The molecule has 296 valence electrons. The van der Waals surface area contributed by atoms with Crippen molar-refractivity contribution in [3.8, 4) is 5.75 Å². The number of aryl methyl sites for hydroxylation is 1. The summed E-state index contributed by atoms with van der Waals surface area (Å²) in [5.41, 5.74) is -1.39. The molecule has 3 rings (SSSR count). The molecule has 0 saturated carbocycles. The number of benzene rings is 1. The van der Waals surface area contributed by atoms with Crippen LogP contribution in [0.1, 0.15) is 81.0 Å². The van der Waals surface area contributed by atoms with Crippen LogP contribution in [-0.2, 0) is 28.5 Å². The lowest BCUT2D eigenvalue weighted by atomic mass is 9.84. The molecule has 2 atom stereocenters. The van der Waals surface area contributed by atoms with E-state index in [9.17, 15) is 34.1 Å². The number of aromatic hydroxyl groups is 1. The number of halogens is 2. The van der Waals surface area contributed by atoms with Crippen molar-refractivity contribution in [3.63, 3.8) is 0 Å². The van der Waals surface area contributed by atoms with Gasteiger partial charge >= 0.3 is 25.3 Å². The van der Waals surface area contributed by atoms with E-state index in [0.29, 0.717) is 4.88 Å². The maximum absolute atomic E-state index is 13.5. The summed E-state index contributed by atoms with van der Waals surface area (Å²) < 4.78 is 21.4. The van der Waals surface area contributed by atoms with Gasteiger partial charge in [-0.05, 0) is 80.4 Å². The fourth-order valence-corrected chi connectivity index (χ4v) is 6.36. The summed E-state index contributed by atoms with van der Waals surface area (Å²) in [5, 5.41) is 26.5. The molecule has 1 aliphatic rings. The predicted octanol–water partition coefficient (Wildman–Crippen LogP) is 5.58. The first kappa shape index (κ1) is 44.1. The number of nitrogens with zero attached hydrogens (tertiary/aromatic N) is 3. The standard InChI is InChI=1S/C34H46BCl2N5O11S/c1-10-50-27(44)14-24(21-11-19(36)12-22(37)28(21)45)39-26(43)15-38-29(46)25-13-23(18(2)54-25)40-30-41(31(47)52-33(3,4)5)16-20(17-42(30)35(9)49)51-32(48)53-34(6,7)8/h11-13,20,24,45,49H,10,14-17H2,1-9H3,(H,38,46)(H,39,43)/t20?,24-/m0/s1. The minimum absolute atomic E-state index is 0.0208. The predicted molar refractivity (Wildman–Crippen MR) is 203 cm³/mol. The second kappa shape index (κ2) is 18.4. The minimum atomic E-state index is -1.21. The molecule has 0 aliphatic carbocycles. The summed E-state index contributed by atoms with van der Waals surface area (Å²) in [5.74, 6) is -2.40. The number of phenols is 1. The Morgan fingerprint density at radius 1 is 1.06 bits per heavy atom. The molecule has 0 radical (unpaired) electrons. The van der Waals surface area contributed by atoms with Gasteiger partial charge in [0.25, 0.3) is 5.91 Å². The van der Waals surface area contributed by atoms with E-state index in [2.05, 4.69) is 15.6 Å². The van der Waals surface area contributed by atoms with Crippen LogP contribution in [0.3, 0.4) is 0 Å². The van der Waals surface area contributed by atoms with Crippen molar-refractivity contribution in [3.05, 3.63) is 43.6 Å². The summed E-state index contributed by atoms with van der Waals surface area (Å²) in [6.07, 6.45) is -3.07. The Morgan fingerprint density at radius 3 is 2.30 bits per heavy atom. The number of aliphatic imine (C=N–C) groups is 1. The van der Waals surface area contributed by atoms with Gasteiger partial charge in [-0.25, -0.2) is 19.5 Å². The van der Waals surface area contributed by atoms with E-state index in [-0.39, 0.29) is 64.0 Å². The summed E-state index contributed by atoms with van der Waals surface area (Å²) in [6, 6.07) is 3.01. The SMILES string of the molecule is CCOC(=O)C[C@H](NC(=O)CNC(=O)c1cc(N=C2N(B(C)O)CC(OC(=O)OC(C)(C)C)CN2C(=O)OC(C)(C)C)c(C)s1)c1cc(Cl)cc(Cl)c1O. The zero-order valence-electron chi connectivity index (χ0n) is 31.6. The Hall–Kier alpha value is -4.26. The summed E-state index contributed by atoms with van der Waals surface area (Å²) in [4.78, 5) is 72.5. The van der Waals surface area contributed by atoms with Gasteiger partial charge in [0, 0.05) is 22.0 Å². The zero-order chi connectivity index (χ0) is 40.7. The number of guanidine groups is 1. The van der Waals surface area contributed by atoms with Crippen molar-refractivity contribution in [1.82, 2.24) is 20.3 Å². The van der Waals surface area contributed by atoms with Crippen LogP contribution in [0.4, 0.5) is 15.3 Å². The third kappa shape index (κ3) is 13.0. The van der Waals surface area contributed by atoms with Crippen LogP contribution in [0.15, 0.2) is 23.2 Å². The second-order valence-corrected chi connectivity index (χ2v) is 16.3. The summed E-state index contributed by atoms with van der Waals surface area (Å²) in [7, 11) is -1.21. The number of hydrogen-bond acceptors (Lipinski definition) is 13. The number of esters is 1. The van der Waals surface area contributed by atoms with Crippen LogP contribution in [-0.4, -0.2) is 106 Å². The Kier molecular flexibility index (Phi) is 15.0. The first-order valence-corrected chi connectivity index (χ1v) is 18.5. The molecular weight excluding hydrogens is 768 g/mol. The van der Waals surface area contributed by atoms with Crippen LogP contribution < -0.4 is 10.6 Å². The lowest BCUT2D eigenvalue weighted by Gasteiger charge is -2.42. The van der Waals surface area contributed by atoms with Gasteiger partial charge in [0.2, 0.25) is 11.9 Å². The minimum Gasteiger partial charge on any atom is -0.506 e. The highest BCUT2D eigenvalue weighted by Crippen LogP contribution is 2.36. The second-order valence-electron chi connectivity index (χ2n) is 14.2. The lowest BCUT2D eigenvalue weighted by molar-refractivity contribution is -0.143. The number of hydrogen-bond donors (Lipinski definition) is 4. The van der Waals surface area contributed by atoms with Gasteiger partial charge in [0.1, 0.15) is 23.1 Å². The van der Waals surface area contributed by atoms with Crippen LogP contribution in [0.25, 0.3) is 0 Å². The smallest absolute Gasteiger partial charge is 0.506 e. The molecule has 1 aromatic heterocycles. The van der Waals surface area contributed by atoms with Crippen LogP contribution >= 0.6 is 34.5 Å². The molecule has 1 aliphatic heterocycles. The molecule has 1 saturated heterocycles. The van der Waals surface area contributed by atoms with Gasteiger partial charge in [-0.2, -0.15) is 0 Å². The number of rotatable bonds is 11. The largest absolute Gasteiger partial charge is 0.509 e. The Balaban J connectivity index is 1.85. The molecule has 0 spiro atoms. The van der Waals surface area contributed by atoms with Gasteiger partial charge in [-0.15, -0.1) is 11.3 Å². The van der Waals surface area contributed by atoms with Gasteiger partial charge in [0.05, 0.1) is 47.7 Å². The third-order valence-electron chi connectivity index (χ3n) is 7.19. The van der Waals surface area contributed by atoms with Crippen LogP contribution in [0, 0.1) is 6.92 Å². The van der Waals surface area contributed by atoms with E-state index in [4.69, 9.17) is 42.1 Å². The maximum atomic E-state index is 13.5. The number of amides is 3. The molecule has 4 N–H and O–H groups in total. The molecule has 2 heterocycles. The van der Waals surface area contributed by atoms with E-state index in [1.165, 1.54) is 29.8 Å². The van der Waals surface area contributed by atoms with Crippen LogP contribution in [0.2, 0.25) is 16.9 Å². The maximum Gasteiger partial charge on any atom is 0.509 e. The topological polar surface area (TPSA) is 206 Å². The lowest BCUT2D eigenvalue weighted by Crippen LogP contribution is -2.63. The van der Waals surface area contributed by atoms with E-state index in [1.54, 1.807) is 55.4 Å². The van der Waals surface area contributed by atoms with E-state index in [1.807, 2.05) is 0 Å². The number of carbonyl (C=O) groups excluding carboxylic acids is 5. The first-order valence-electron chi connectivity index (χ1n) is 16.9. The van der Waals surface area contributed by atoms with Crippen molar-refractivity contribution in [2.24, 2.45) is 4.99 Å². The van der Waals surface area contributed by atoms with Crippen molar-refractivity contribution in [2.45, 2.75) is 92.0 Å². The molecule has 3 amide bonds. The fraction of sp³-hybridized carbons (Fsp3) is 0.529. The van der Waals surface area contributed by atoms with Crippen molar-refractivity contribution in [2.75, 3.05) is 26.2 Å². The highest BCUT2D eigenvalue weighted by molar-refractivity contribution is 7.14. The number of thiophene rings is 1. The molecule has 54 heavy (non-hydrogen) atoms. The Bertz CT molecular complexity index is 1760. The van der Waals surface area contributed by atoms with Crippen molar-refractivity contribution >= 4 is 83.3 Å². The molecule has 1 aromatic carbocycles. The molecule has 2 aromatic rings. The van der Waals surface area contributed by atoms with E-state index >= 15 is 0 Å². The average Bonchev–Trinajstić information content (AvgIpc) is 3.39. The monoisotopic (exact) mass is 813 g/mol. The average molecular weight is 815 g/mol. The van der Waals surface area contributed by atoms with Gasteiger partial charge < -0.3 is 44.5 Å². The molecule has 16 nitrogen and oxygen atoms in total. The highest BCUT2D eigenvalue weighted by Gasteiger charge is 2.41. The first-order chi connectivity index (χ1) is 25.0. The number of nitrogens with one attached hydrogen (secondary N) is 2. The molecule has 1 fully saturated rings. The van der Waals surface area contributed by atoms with Gasteiger partial charge in [0.15, 0.2) is 0 Å². The number of phenolic OH excluding ortho intramolecular Hbond substituents is 1. The summed E-state index contributed by atoms with van der Waals surface area (Å²) >= 11 is 13.2. The summed E-state index contributed by atoms with van der Waals surface area (Å²) in [6.45, 7) is 14.2. The molecule has 0 bridgehead atoms. The number of carbonyl (C=O) groups is 5.